The third-order valence-electron chi connectivity index (χ3n) is 2.44. The highest BCUT2D eigenvalue weighted by atomic mass is 32.3. The number of ether oxygens (including phenoxy) is 2. The minimum absolute atomic E-state index is 0.0586. The highest BCUT2D eigenvalue weighted by Gasteiger charge is 2.47. The molecular weight excluding hydrogens is 284 g/mol. The van der Waals surface area contributed by atoms with Crippen molar-refractivity contribution in [3.05, 3.63) is 12.7 Å². The van der Waals surface area contributed by atoms with Crippen molar-refractivity contribution in [2.45, 2.75) is 30.7 Å². The van der Waals surface area contributed by atoms with Gasteiger partial charge in [-0.1, -0.05) is 6.08 Å². The normalized spacial score (nSPS) is 36.1. The van der Waals surface area contributed by atoms with Crippen molar-refractivity contribution < 1.29 is 41.9 Å². The van der Waals surface area contributed by atoms with Gasteiger partial charge in [-0.05, 0) is 0 Å². The highest BCUT2D eigenvalue weighted by Crippen LogP contribution is 2.25. The Hall–Kier alpha value is -0.590. The van der Waals surface area contributed by atoms with E-state index in [0.29, 0.717) is 0 Å². The third-order valence-corrected chi connectivity index (χ3v) is 2.90. The Morgan fingerprint density at radius 1 is 1.32 bits per heavy atom. The molecule has 1 aliphatic rings. The number of aliphatic hydroxyl groups excluding tert-OH is 3. The first-order valence-corrected chi connectivity index (χ1v) is 6.67. The molecule has 19 heavy (non-hydrogen) atoms. The second-order valence-corrected chi connectivity index (χ2v) is 4.87. The lowest BCUT2D eigenvalue weighted by Gasteiger charge is -2.40. The van der Waals surface area contributed by atoms with Gasteiger partial charge in [-0.15, -0.1) is 6.58 Å². The quantitative estimate of drug-likeness (QED) is 0.318. The first kappa shape index (κ1) is 16.5. The van der Waals surface area contributed by atoms with Gasteiger partial charge in [0.2, 0.25) is 0 Å². The van der Waals surface area contributed by atoms with Crippen LogP contribution in [0.2, 0.25) is 0 Å². The minimum Gasteiger partial charge on any atom is -0.394 e. The van der Waals surface area contributed by atoms with Gasteiger partial charge in [0.25, 0.3) is 0 Å². The zero-order chi connectivity index (χ0) is 14.6. The van der Waals surface area contributed by atoms with Crippen LogP contribution >= 0.6 is 0 Å². The van der Waals surface area contributed by atoms with Crippen molar-refractivity contribution in [1.29, 1.82) is 0 Å². The van der Waals surface area contributed by atoms with Crippen LogP contribution in [-0.2, 0) is 24.1 Å². The van der Waals surface area contributed by atoms with E-state index in [2.05, 4.69) is 10.8 Å². The fraction of sp³-hybridized carbons (Fsp3) is 0.778. The van der Waals surface area contributed by atoms with E-state index < -0.39 is 47.7 Å². The summed E-state index contributed by atoms with van der Waals surface area (Å²) in [6, 6.07) is 0. The van der Waals surface area contributed by atoms with E-state index in [1.807, 2.05) is 0 Å². The van der Waals surface area contributed by atoms with Gasteiger partial charge in [-0.25, -0.2) is 4.18 Å². The van der Waals surface area contributed by atoms with E-state index in [1.165, 1.54) is 6.08 Å². The summed E-state index contributed by atoms with van der Waals surface area (Å²) in [6.07, 6.45) is -6.25. The summed E-state index contributed by atoms with van der Waals surface area (Å²) in [5.74, 6) is 0. The summed E-state index contributed by atoms with van der Waals surface area (Å²) >= 11 is 0. The van der Waals surface area contributed by atoms with E-state index in [-0.39, 0.29) is 6.61 Å². The Balaban J connectivity index is 2.89. The molecule has 1 heterocycles. The molecule has 0 bridgehead atoms. The molecule has 0 aliphatic carbocycles. The summed E-state index contributed by atoms with van der Waals surface area (Å²) in [4.78, 5) is 0. The molecule has 1 aliphatic heterocycles. The molecule has 1 saturated heterocycles. The average Bonchev–Trinajstić information content (AvgIpc) is 2.33. The second kappa shape index (κ2) is 6.72. The van der Waals surface area contributed by atoms with Crippen molar-refractivity contribution >= 4 is 10.4 Å². The minimum atomic E-state index is -4.88. The van der Waals surface area contributed by atoms with E-state index in [1.54, 1.807) is 0 Å². The SMILES string of the molecule is C=CCOC1O[C@H](CO)[C@@H](O)[C@H](O)[C@H]1OS(=O)(=O)O. The van der Waals surface area contributed by atoms with E-state index in [9.17, 15) is 18.6 Å². The molecule has 1 fully saturated rings. The standard InChI is InChI=1S/C9H16O9S/c1-2-3-16-9-8(18-19(13,14)15)7(12)6(11)5(4-10)17-9/h2,5-12H,1,3-4H2,(H,13,14,15)/t5-,6-,7+,8-,9?/m1/s1. The van der Waals surface area contributed by atoms with Gasteiger partial charge < -0.3 is 24.8 Å². The van der Waals surface area contributed by atoms with E-state index in [4.69, 9.17) is 19.1 Å². The molecule has 0 aromatic heterocycles. The van der Waals surface area contributed by atoms with Crippen molar-refractivity contribution in [3.63, 3.8) is 0 Å². The molecule has 5 atom stereocenters. The first-order chi connectivity index (χ1) is 8.80. The van der Waals surface area contributed by atoms with E-state index >= 15 is 0 Å². The van der Waals surface area contributed by atoms with Crippen molar-refractivity contribution in [1.82, 2.24) is 0 Å². The summed E-state index contributed by atoms with van der Waals surface area (Å²) in [7, 11) is -4.88. The van der Waals surface area contributed by atoms with Crippen LogP contribution in [0.4, 0.5) is 0 Å². The maximum absolute atomic E-state index is 10.7. The van der Waals surface area contributed by atoms with Gasteiger partial charge in [0.15, 0.2) is 12.4 Å². The lowest BCUT2D eigenvalue weighted by molar-refractivity contribution is -0.292. The Bertz CT molecular complexity index is 394. The summed E-state index contributed by atoms with van der Waals surface area (Å²) < 4.78 is 44.3. The molecular formula is C9H16O9S. The molecule has 0 aromatic carbocycles. The monoisotopic (exact) mass is 300 g/mol. The van der Waals surface area contributed by atoms with Crippen LogP contribution < -0.4 is 0 Å². The topological polar surface area (TPSA) is 143 Å². The molecule has 1 rings (SSSR count). The van der Waals surface area contributed by atoms with Gasteiger partial charge >= 0.3 is 10.4 Å². The van der Waals surface area contributed by atoms with Gasteiger partial charge in [0.05, 0.1) is 13.2 Å². The largest absolute Gasteiger partial charge is 0.397 e. The van der Waals surface area contributed by atoms with Crippen LogP contribution in [0.15, 0.2) is 12.7 Å². The lowest BCUT2D eigenvalue weighted by atomic mass is 9.99. The molecule has 1 unspecified atom stereocenters. The Morgan fingerprint density at radius 3 is 2.42 bits per heavy atom. The molecule has 0 radical (unpaired) electrons. The van der Waals surface area contributed by atoms with Crippen LogP contribution in [0.25, 0.3) is 0 Å². The molecule has 10 heteroatoms. The van der Waals surface area contributed by atoms with Crippen LogP contribution in [-0.4, -0.2) is 72.2 Å². The van der Waals surface area contributed by atoms with Crippen LogP contribution in [0.1, 0.15) is 0 Å². The van der Waals surface area contributed by atoms with Crippen LogP contribution in [0.5, 0.6) is 0 Å². The smallest absolute Gasteiger partial charge is 0.394 e. The Morgan fingerprint density at radius 2 is 1.95 bits per heavy atom. The molecule has 0 spiro atoms. The number of rotatable bonds is 6. The predicted octanol–water partition coefficient (Wildman–Crippen LogP) is -2.18. The zero-order valence-corrected chi connectivity index (χ0v) is 10.6. The molecule has 0 aromatic rings. The number of hydrogen-bond donors (Lipinski definition) is 4. The fourth-order valence-electron chi connectivity index (χ4n) is 1.60. The third kappa shape index (κ3) is 4.47. The van der Waals surface area contributed by atoms with Gasteiger partial charge in [-0.3, -0.25) is 4.55 Å². The molecule has 4 N–H and O–H groups in total. The molecule has 0 saturated carbocycles. The van der Waals surface area contributed by atoms with Crippen LogP contribution in [0.3, 0.4) is 0 Å². The lowest BCUT2D eigenvalue weighted by Crippen LogP contribution is -2.60. The highest BCUT2D eigenvalue weighted by molar-refractivity contribution is 7.80. The first-order valence-electron chi connectivity index (χ1n) is 5.30. The van der Waals surface area contributed by atoms with Crippen molar-refractivity contribution in [2.75, 3.05) is 13.2 Å². The van der Waals surface area contributed by atoms with Crippen LogP contribution in [0, 0.1) is 0 Å². The second-order valence-electron chi connectivity index (χ2n) is 3.82. The zero-order valence-electron chi connectivity index (χ0n) is 9.82. The number of aliphatic hydroxyl groups is 3. The van der Waals surface area contributed by atoms with Gasteiger partial charge in [0.1, 0.15) is 18.3 Å². The van der Waals surface area contributed by atoms with Crippen molar-refractivity contribution in [3.8, 4) is 0 Å². The molecule has 0 amide bonds. The maximum atomic E-state index is 10.7. The predicted molar refractivity (Wildman–Crippen MR) is 60.3 cm³/mol. The fourth-order valence-corrected chi connectivity index (χ4v) is 2.08. The summed E-state index contributed by atoms with van der Waals surface area (Å²) in [5, 5.41) is 28.3. The Labute approximate surface area is 110 Å². The summed E-state index contributed by atoms with van der Waals surface area (Å²) in [6.45, 7) is 2.69. The number of hydrogen-bond acceptors (Lipinski definition) is 8. The van der Waals surface area contributed by atoms with Gasteiger partial charge in [0, 0.05) is 0 Å². The summed E-state index contributed by atoms with van der Waals surface area (Å²) in [5.41, 5.74) is 0. The maximum Gasteiger partial charge on any atom is 0.397 e. The molecule has 9 nitrogen and oxygen atoms in total. The molecule has 112 valence electrons. The Kier molecular flexibility index (Phi) is 5.82. The average molecular weight is 300 g/mol. The van der Waals surface area contributed by atoms with Crippen molar-refractivity contribution in [2.24, 2.45) is 0 Å². The van der Waals surface area contributed by atoms with E-state index in [0.717, 1.165) is 0 Å². The van der Waals surface area contributed by atoms with Gasteiger partial charge in [-0.2, -0.15) is 8.42 Å².